The molecule has 0 bridgehead atoms. The second kappa shape index (κ2) is 7.43. The minimum atomic E-state index is -0.189. The third-order valence-corrected chi connectivity index (χ3v) is 4.14. The van der Waals surface area contributed by atoms with Crippen LogP contribution in [0.25, 0.3) is 11.3 Å². The van der Waals surface area contributed by atoms with E-state index in [4.69, 9.17) is 4.74 Å². The van der Waals surface area contributed by atoms with Crippen LogP contribution < -0.4 is 10.1 Å². The molecule has 2 N–H and O–H groups in total. The van der Waals surface area contributed by atoms with Gasteiger partial charge >= 0.3 is 0 Å². The first-order valence-corrected chi connectivity index (χ1v) is 8.48. The molecule has 7 nitrogen and oxygen atoms in total. The Hall–Kier alpha value is -3.09. The number of carbonyl (C=O) groups is 1. The second-order valence-electron chi connectivity index (χ2n) is 6.38. The van der Waals surface area contributed by atoms with Crippen LogP contribution in [-0.2, 0) is 6.54 Å². The molecule has 1 aromatic carbocycles. The smallest absolute Gasteiger partial charge is 0.269 e. The summed E-state index contributed by atoms with van der Waals surface area (Å²) in [6.07, 6.45) is 0. The van der Waals surface area contributed by atoms with Gasteiger partial charge in [0.05, 0.1) is 25.0 Å². The Balaban J connectivity index is 1.64. The normalized spacial score (nSPS) is 12.0. The third-order valence-electron chi connectivity index (χ3n) is 4.14. The van der Waals surface area contributed by atoms with Crippen LogP contribution in [-0.4, -0.2) is 39.0 Å². The van der Waals surface area contributed by atoms with Crippen LogP contribution in [0.15, 0.2) is 36.4 Å². The number of aromatic nitrogens is 4. The molecule has 1 amide bonds. The molecule has 0 aliphatic heterocycles. The highest BCUT2D eigenvalue weighted by Crippen LogP contribution is 2.21. The quantitative estimate of drug-likeness (QED) is 0.713. The van der Waals surface area contributed by atoms with Crippen molar-refractivity contribution in [2.45, 2.75) is 33.4 Å². The lowest BCUT2D eigenvalue weighted by molar-refractivity contribution is 0.0930. The molecule has 1 atom stereocenters. The van der Waals surface area contributed by atoms with Gasteiger partial charge in [0.15, 0.2) is 0 Å². The topological polar surface area (TPSA) is 84.8 Å². The number of benzene rings is 1. The van der Waals surface area contributed by atoms with Gasteiger partial charge in [-0.15, -0.1) is 0 Å². The van der Waals surface area contributed by atoms with Gasteiger partial charge in [-0.1, -0.05) is 0 Å². The predicted molar refractivity (Wildman–Crippen MR) is 99.2 cm³/mol. The van der Waals surface area contributed by atoms with Crippen LogP contribution in [0, 0.1) is 13.8 Å². The van der Waals surface area contributed by atoms with E-state index < -0.39 is 0 Å². The molecule has 0 aliphatic rings. The molecule has 0 radical (unpaired) electrons. The average molecular weight is 353 g/mol. The standard InChI is InChI=1S/C19H23N5O2/c1-12-9-14(3)24(23-12)11-13(2)20-19(25)18-10-17(21-22-18)15-5-7-16(26-4)8-6-15/h5-10,13H,11H2,1-4H3,(H,20,25)(H,21,22). The first-order valence-electron chi connectivity index (χ1n) is 8.48. The van der Waals surface area contributed by atoms with E-state index in [2.05, 4.69) is 20.6 Å². The van der Waals surface area contributed by atoms with Crippen LogP contribution in [0.1, 0.15) is 28.8 Å². The van der Waals surface area contributed by atoms with Crippen LogP contribution in [0.3, 0.4) is 0 Å². The molecule has 26 heavy (non-hydrogen) atoms. The maximum absolute atomic E-state index is 12.4. The summed E-state index contributed by atoms with van der Waals surface area (Å²) in [6, 6.07) is 11.2. The molecule has 3 rings (SSSR count). The molecule has 1 unspecified atom stereocenters. The maximum Gasteiger partial charge on any atom is 0.269 e. The molecule has 3 aromatic rings. The van der Waals surface area contributed by atoms with Gasteiger partial charge in [0.25, 0.3) is 5.91 Å². The Bertz CT molecular complexity index is 895. The molecule has 2 heterocycles. The van der Waals surface area contributed by atoms with Gasteiger partial charge in [0.1, 0.15) is 11.4 Å². The summed E-state index contributed by atoms with van der Waals surface area (Å²) in [7, 11) is 1.62. The van der Waals surface area contributed by atoms with E-state index in [-0.39, 0.29) is 11.9 Å². The predicted octanol–water partition coefficient (Wildman–Crippen LogP) is 2.72. The highest BCUT2D eigenvalue weighted by Gasteiger charge is 2.15. The van der Waals surface area contributed by atoms with E-state index in [1.165, 1.54) is 0 Å². The number of amides is 1. The van der Waals surface area contributed by atoms with E-state index in [0.29, 0.717) is 17.9 Å². The first-order chi connectivity index (χ1) is 12.5. The summed E-state index contributed by atoms with van der Waals surface area (Å²) in [6.45, 7) is 6.53. The third kappa shape index (κ3) is 3.93. The lowest BCUT2D eigenvalue weighted by Gasteiger charge is -2.14. The SMILES string of the molecule is COc1ccc(-c2cc(C(=O)NC(C)Cn3nc(C)cc3C)[nH]n2)cc1. The van der Waals surface area contributed by atoms with Gasteiger partial charge < -0.3 is 10.1 Å². The molecular weight excluding hydrogens is 330 g/mol. The number of aryl methyl sites for hydroxylation is 2. The Kier molecular flexibility index (Phi) is 5.06. The average Bonchev–Trinajstić information content (AvgIpc) is 3.22. The molecule has 136 valence electrons. The lowest BCUT2D eigenvalue weighted by atomic mass is 10.1. The number of methoxy groups -OCH3 is 1. The fraction of sp³-hybridized carbons (Fsp3) is 0.316. The van der Waals surface area contributed by atoms with E-state index in [0.717, 1.165) is 22.7 Å². The van der Waals surface area contributed by atoms with Crippen molar-refractivity contribution in [1.29, 1.82) is 0 Å². The van der Waals surface area contributed by atoms with E-state index in [1.54, 1.807) is 13.2 Å². The Morgan fingerprint density at radius 1 is 1.27 bits per heavy atom. The number of hydrogen-bond donors (Lipinski definition) is 2. The number of carbonyl (C=O) groups excluding carboxylic acids is 1. The summed E-state index contributed by atoms with van der Waals surface area (Å²) >= 11 is 0. The fourth-order valence-corrected chi connectivity index (χ4v) is 2.81. The molecule has 0 fully saturated rings. The number of aromatic amines is 1. The number of H-pyrrole nitrogens is 1. The highest BCUT2D eigenvalue weighted by atomic mass is 16.5. The lowest BCUT2D eigenvalue weighted by Crippen LogP contribution is -2.36. The van der Waals surface area contributed by atoms with Crippen molar-refractivity contribution in [2.75, 3.05) is 7.11 Å². The summed E-state index contributed by atoms with van der Waals surface area (Å²) in [5.41, 5.74) is 4.10. The largest absolute Gasteiger partial charge is 0.497 e. The number of hydrogen-bond acceptors (Lipinski definition) is 4. The Morgan fingerprint density at radius 2 is 2.00 bits per heavy atom. The van der Waals surface area contributed by atoms with Gasteiger partial charge in [0.2, 0.25) is 0 Å². The zero-order valence-corrected chi connectivity index (χ0v) is 15.4. The first kappa shape index (κ1) is 17.7. The van der Waals surface area contributed by atoms with Crippen LogP contribution >= 0.6 is 0 Å². The van der Waals surface area contributed by atoms with Gasteiger partial charge in [-0.2, -0.15) is 10.2 Å². The van der Waals surface area contributed by atoms with Crippen molar-refractivity contribution in [1.82, 2.24) is 25.3 Å². The number of rotatable bonds is 6. The zero-order valence-electron chi connectivity index (χ0n) is 15.4. The summed E-state index contributed by atoms with van der Waals surface area (Å²) in [4.78, 5) is 12.4. The van der Waals surface area contributed by atoms with Crippen LogP contribution in [0.4, 0.5) is 0 Å². The monoisotopic (exact) mass is 353 g/mol. The number of nitrogens with zero attached hydrogens (tertiary/aromatic N) is 3. The minimum absolute atomic E-state index is 0.0618. The maximum atomic E-state index is 12.4. The van der Waals surface area contributed by atoms with Crippen LogP contribution in [0.5, 0.6) is 5.75 Å². The van der Waals surface area contributed by atoms with E-state index in [1.807, 2.05) is 55.8 Å². The molecule has 0 spiro atoms. The molecule has 0 saturated heterocycles. The van der Waals surface area contributed by atoms with Gasteiger partial charge in [-0.3, -0.25) is 14.6 Å². The number of nitrogens with one attached hydrogen (secondary N) is 2. The Labute approximate surface area is 152 Å². The minimum Gasteiger partial charge on any atom is -0.497 e. The second-order valence-corrected chi connectivity index (χ2v) is 6.38. The van der Waals surface area contributed by atoms with Crippen molar-refractivity contribution in [2.24, 2.45) is 0 Å². The van der Waals surface area contributed by atoms with Crippen molar-refractivity contribution >= 4 is 5.91 Å². The molecule has 0 saturated carbocycles. The summed E-state index contributed by atoms with van der Waals surface area (Å²) in [5.74, 6) is 0.589. The summed E-state index contributed by atoms with van der Waals surface area (Å²) < 4.78 is 7.05. The highest BCUT2D eigenvalue weighted by molar-refractivity contribution is 5.93. The zero-order chi connectivity index (χ0) is 18.7. The van der Waals surface area contributed by atoms with E-state index in [9.17, 15) is 4.79 Å². The molecule has 2 aromatic heterocycles. The molecular formula is C19H23N5O2. The van der Waals surface area contributed by atoms with Gasteiger partial charge in [-0.25, -0.2) is 0 Å². The van der Waals surface area contributed by atoms with Crippen molar-refractivity contribution in [3.05, 3.63) is 53.5 Å². The van der Waals surface area contributed by atoms with E-state index >= 15 is 0 Å². The van der Waals surface area contributed by atoms with Crippen molar-refractivity contribution < 1.29 is 9.53 Å². The van der Waals surface area contributed by atoms with Crippen molar-refractivity contribution in [3.63, 3.8) is 0 Å². The van der Waals surface area contributed by atoms with Crippen molar-refractivity contribution in [3.8, 4) is 17.0 Å². The fourth-order valence-electron chi connectivity index (χ4n) is 2.81. The molecule has 7 heteroatoms. The Morgan fingerprint density at radius 3 is 2.62 bits per heavy atom. The molecule has 0 aliphatic carbocycles. The van der Waals surface area contributed by atoms with Gasteiger partial charge in [-0.05, 0) is 57.2 Å². The number of ether oxygens (including phenoxy) is 1. The van der Waals surface area contributed by atoms with Gasteiger partial charge in [0, 0.05) is 17.3 Å². The van der Waals surface area contributed by atoms with Crippen LogP contribution in [0.2, 0.25) is 0 Å². The summed E-state index contributed by atoms with van der Waals surface area (Å²) in [5, 5.41) is 14.4.